The molecule has 4 nitrogen and oxygen atoms in total. The van der Waals surface area contributed by atoms with Crippen LogP contribution >= 0.6 is 12.4 Å². The monoisotopic (exact) mass is 374 g/mol. The standard InChI is InChI=1S/C21H30N4.ClH/c1-16-3-6-18(21(11-16)19-13-23-24(2)14-19)15-25-9-7-20(8-10-25)22-12-17-4-5-17;/h3,6,11,13-14,17,20,22H,4-5,7-10,12,15H2,1-2H3;1H. The van der Waals surface area contributed by atoms with Crippen LogP contribution in [-0.4, -0.2) is 40.4 Å². The van der Waals surface area contributed by atoms with Crippen molar-refractivity contribution >= 4 is 12.4 Å². The van der Waals surface area contributed by atoms with Gasteiger partial charge in [0.2, 0.25) is 0 Å². The van der Waals surface area contributed by atoms with Crippen molar-refractivity contribution in [2.45, 2.75) is 45.2 Å². The van der Waals surface area contributed by atoms with Gasteiger partial charge < -0.3 is 5.32 Å². The number of hydrogen-bond acceptors (Lipinski definition) is 3. The molecule has 1 saturated heterocycles. The van der Waals surface area contributed by atoms with Crippen molar-refractivity contribution in [1.29, 1.82) is 0 Å². The number of aromatic nitrogens is 2. The average molecular weight is 375 g/mol. The first kappa shape index (κ1) is 19.4. The fourth-order valence-electron chi connectivity index (χ4n) is 3.85. The van der Waals surface area contributed by atoms with Crippen LogP contribution in [0.5, 0.6) is 0 Å². The van der Waals surface area contributed by atoms with Crippen molar-refractivity contribution in [3.05, 3.63) is 41.7 Å². The van der Waals surface area contributed by atoms with Gasteiger partial charge in [0.25, 0.3) is 0 Å². The second-order valence-electron chi connectivity index (χ2n) is 7.97. The molecule has 142 valence electrons. The predicted octanol–water partition coefficient (Wildman–Crippen LogP) is 3.78. The molecule has 2 fully saturated rings. The zero-order valence-corrected chi connectivity index (χ0v) is 16.8. The van der Waals surface area contributed by atoms with Crippen molar-refractivity contribution in [3.8, 4) is 11.1 Å². The largest absolute Gasteiger partial charge is 0.314 e. The molecule has 1 aromatic heterocycles. The van der Waals surface area contributed by atoms with Crippen LogP contribution in [0.2, 0.25) is 0 Å². The number of rotatable bonds is 6. The quantitative estimate of drug-likeness (QED) is 0.835. The van der Waals surface area contributed by atoms with Crippen LogP contribution in [0.15, 0.2) is 30.6 Å². The van der Waals surface area contributed by atoms with E-state index in [1.54, 1.807) is 0 Å². The molecule has 26 heavy (non-hydrogen) atoms. The third-order valence-electron chi connectivity index (χ3n) is 5.65. The second-order valence-corrected chi connectivity index (χ2v) is 7.97. The Hall–Kier alpha value is -1.36. The van der Waals surface area contributed by atoms with E-state index in [2.05, 4.69) is 46.6 Å². The number of benzene rings is 1. The highest BCUT2D eigenvalue weighted by molar-refractivity contribution is 5.85. The summed E-state index contributed by atoms with van der Waals surface area (Å²) in [6.07, 6.45) is 9.53. The normalized spacial score (nSPS) is 18.7. The van der Waals surface area contributed by atoms with Crippen molar-refractivity contribution in [2.75, 3.05) is 19.6 Å². The molecule has 1 aromatic carbocycles. The lowest BCUT2D eigenvalue weighted by Gasteiger charge is -2.33. The molecule has 0 bridgehead atoms. The molecule has 2 aliphatic rings. The summed E-state index contributed by atoms with van der Waals surface area (Å²) in [5.41, 5.74) is 5.29. The zero-order chi connectivity index (χ0) is 17.2. The average Bonchev–Trinajstić information content (AvgIpc) is 3.35. The van der Waals surface area contributed by atoms with Crippen molar-refractivity contribution in [2.24, 2.45) is 13.0 Å². The van der Waals surface area contributed by atoms with Gasteiger partial charge in [-0.25, -0.2) is 0 Å². The molecule has 0 amide bonds. The smallest absolute Gasteiger partial charge is 0.0568 e. The molecule has 0 radical (unpaired) electrons. The van der Waals surface area contributed by atoms with E-state index in [1.807, 2.05) is 17.9 Å². The number of halogens is 1. The minimum absolute atomic E-state index is 0. The molecule has 1 aliphatic heterocycles. The van der Waals surface area contributed by atoms with Crippen molar-refractivity contribution in [3.63, 3.8) is 0 Å². The van der Waals surface area contributed by atoms with Crippen LogP contribution in [-0.2, 0) is 13.6 Å². The van der Waals surface area contributed by atoms with E-state index in [9.17, 15) is 0 Å². The zero-order valence-electron chi connectivity index (χ0n) is 15.9. The van der Waals surface area contributed by atoms with Crippen molar-refractivity contribution in [1.82, 2.24) is 20.0 Å². The molecule has 1 aliphatic carbocycles. The van der Waals surface area contributed by atoms with Gasteiger partial charge in [-0.2, -0.15) is 5.10 Å². The van der Waals surface area contributed by atoms with E-state index in [4.69, 9.17) is 0 Å². The Morgan fingerprint density at radius 1 is 1.15 bits per heavy atom. The molecule has 2 heterocycles. The van der Waals surface area contributed by atoms with Gasteiger partial charge >= 0.3 is 0 Å². The maximum atomic E-state index is 4.36. The van der Waals surface area contributed by atoms with Crippen molar-refractivity contribution < 1.29 is 0 Å². The van der Waals surface area contributed by atoms with E-state index in [0.29, 0.717) is 0 Å². The molecular formula is C21H31ClN4. The maximum Gasteiger partial charge on any atom is 0.0568 e. The lowest BCUT2D eigenvalue weighted by atomic mass is 9.98. The Labute approximate surface area is 163 Å². The SMILES string of the molecule is Cc1ccc(CN2CCC(NCC3CC3)CC2)c(-c2cnn(C)c2)c1.Cl. The molecule has 0 unspecified atom stereocenters. The van der Waals surface area contributed by atoms with Gasteiger partial charge in [0.05, 0.1) is 6.20 Å². The third-order valence-corrected chi connectivity index (χ3v) is 5.65. The molecule has 1 N–H and O–H groups in total. The number of piperidine rings is 1. The number of nitrogens with one attached hydrogen (secondary N) is 1. The fraction of sp³-hybridized carbons (Fsp3) is 0.571. The van der Waals surface area contributed by atoms with Crippen LogP contribution in [0.4, 0.5) is 0 Å². The third kappa shape index (κ3) is 4.87. The number of likely N-dealkylation sites (tertiary alicyclic amines) is 1. The van der Waals surface area contributed by atoms with Crippen LogP contribution in [0, 0.1) is 12.8 Å². The lowest BCUT2D eigenvalue weighted by Crippen LogP contribution is -2.42. The van der Waals surface area contributed by atoms with Crippen LogP contribution in [0.25, 0.3) is 11.1 Å². The highest BCUT2D eigenvalue weighted by Gasteiger charge is 2.24. The topological polar surface area (TPSA) is 33.1 Å². The Kier molecular flexibility index (Phi) is 6.38. The van der Waals surface area contributed by atoms with Gasteiger partial charge in [0.1, 0.15) is 0 Å². The second kappa shape index (κ2) is 8.55. The van der Waals surface area contributed by atoms with E-state index in [-0.39, 0.29) is 12.4 Å². The lowest BCUT2D eigenvalue weighted by molar-refractivity contribution is 0.190. The highest BCUT2D eigenvalue weighted by atomic mass is 35.5. The van der Waals surface area contributed by atoms with Gasteiger partial charge in [0, 0.05) is 31.4 Å². The Balaban J connectivity index is 0.00000196. The summed E-state index contributed by atoms with van der Waals surface area (Å²) in [5.74, 6) is 0.979. The van der Waals surface area contributed by atoms with Gasteiger partial charge in [-0.05, 0) is 69.3 Å². The minimum Gasteiger partial charge on any atom is -0.314 e. The summed E-state index contributed by atoms with van der Waals surface area (Å²) in [5, 5.41) is 8.13. The molecule has 5 heteroatoms. The predicted molar refractivity (Wildman–Crippen MR) is 110 cm³/mol. The van der Waals surface area contributed by atoms with Crippen LogP contribution in [0.1, 0.15) is 36.8 Å². The Morgan fingerprint density at radius 2 is 1.92 bits per heavy atom. The fourth-order valence-corrected chi connectivity index (χ4v) is 3.85. The Morgan fingerprint density at radius 3 is 2.58 bits per heavy atom. The van der Waals surface area contributed by atoms with Gasteiger partial charge in [0.15, 0.2) is 0 Å². The first-order valence-corrected chi connectivity index (χ1v) is 9.71. The summed E-state index contributed by atoms with van der Waals surface area (Å²) >= 11 is 0. The van der Waals surface area contributed by atoms with Crippen LogP contribution in [0.3, 0.4) is 0 Å². The van der Waals surface area contributed by atoms with E-state index in [0.717, 1.165) is 18.5 Å². The van der Waals surface area contributed by atoms with E-state index < -0.39 is 0 Å². The first-order chi connectivity index (χ1) is 12.2. The Bertz CT molecular complexity index is 715. The highest BCUT2D eigenvalue weighted by Crippen LogP contribution is 2.29. The molecule has 2 aromatic rings. The van der Waals surface area contributed by atoms with E-state index in [1.165, 1.54) is 67.6 Å². The molecule has 4 rings (SSSR count). The van der Waals surface area contributed by atoms with Gasteiger partial charge in [-0.3, -0.25) is 9.58 Å². The molecule has 0 atom stereocenters. The van der Waals surface area contributed by atoms with Gasteiger partial charge in [-0.15, -0.1) is 12.4 Å². The summed E-state index contributed by atoms with van der Waals surface area (Å²) < 4.78 is 1.89. The number of aryl methyl sites for hydroxylation is 2. The summed E-state index contributed by atoms with van der Waals surface area (Å²) in [4.78, 5) is 2.61. The van der Waals surface area contributed by atoms with Gasteiger partial charge in [-0.1, -0.05) is 23.8 Å². The van der Waals surface area contributed by atoms with Crippen LogP contribution < -0.4 is 5.32 Å². The number of hydrogen-bond donors (Lipinski definition) is 1. The molecular weight excluding hydrogens is 344 g/mol. The summed E-state index contributed by atoms with van der Waals surface area (Å²) in [6, 6.07) is 7.57. The maximum absolute atomic E-state index is 4.36. The molecule has 0 spiro atoms. The minimum atomic E-state index is 0. The summed E-state index contributed by atoms with van der Waals surface area (Å²) in [7, 11) is 1.98. The number of nitrogens with zero attached hydrogens (tertiary/aromatic N) is 3. The first-order valence-electron chi connectivity index (χ1n) is 9.71. The summed E-state index contributed by atoms with van der Waals surface area (Å²) in [6.45, 7) is 6.85. The molecule has 1 saturated carbocycles. The van der Waals surface area contributed by atoms with E-state index >= 15 is 0 Å².